The highest BCUT2D eigenvalue weighted by Crippen LogP contribution is 2.47. The van der Waals surface area contributed by atoms with Crippen LogP contribution in [0.25, 0.3) is 65.3 Å². The number of rotatable bonds is 20. The van der Waals surface area contributed by atoms with Crippen LogP contribution >= 0.6 is 0 Å². The number of ether oxygens (including phenoxy) is 6. The lowest BCUT2D eigenvalue weighted by atomic mass is 9.92. The SMILES string of the molecule is [O-][S+](c1ccc(OCCOc2ccc3ccccc3c2-c2c(OCCO)ccc3ccccc23)cc1)c1ccc(OCCOc2ccc3ccccc3c2-c2c(OCCO)ccc3ccccc23)cc1. The molecule has 0 fully saturated rings. The first-order valence-electron chi connectivity index (χ1n) is 23.3. The van der Waals surface area contributed by atoms with Gasteiger partial charge in [0.2, 0.25) is 0 Å². The van der Waals surface area contributed by atoms with Gasteiger partial charge in [0, 0.05) is 33.4 Å². The van der Waals surface area contributed by atoms with E-state index in [2.05, 4.69) is 48.5 Å². The number of hydrogen-bond donors (Lipinski definition) is 2. The molecule has 0 aliphatic heterocycles. The molecule has 0 bridgehead atoms. The summed E-state index contributed by atoms with van der Waals surface area (Å²) in [5.74, 6) is 3.98. The van der Waals surface area contributed by atoms with Gasteiger partial charge in [-0.1, -0.05) is 121 Å². The molecule has 10 aromatic rings. The van der Waals surface area contributed by atoms with Crippen molar-refractivity contribution in [1.29, 1.82) is 0 Å². The molecule has 0 aromatic heterocycles. The first-order valence-corrected chi connectivity index (χ1v) is 24.4. The minimum Gasteiger partial charge on any atom is -0.606 e. The van der Waals surface area contributed by atoms with Crippen molar-refractivity contribution in [1.82, 2.24) is 0 Å². The van der Waals surface area contributed by atoms with E-state index in [1.54, 1.807) is 0 Å². The molecule has 350 valence electrons. The predicted octanol–water partition coefficient (Wildman–Crippen LogP) is 12.5. The second-order valence-corrected chi connectivity index (χ2v) is 17.9. The number of hydrogen-bond acceptors (Lipinski definition) is 9. The van der Waals surface area contributed by atoms with E-state index in [0.29, 0.717) is 44.3 Å². The van der Waals surface area contributed by atoms with E-state index in [1.807, 2.05) is 146 Å². The second-order valence-electron chi connectivity index (χ2n) is 16.4. The standard InChI is InChI=1S/C60H50O9S/c61-33-35-66-53-29-17-41-9-1-5-13-49(41)57(53)59-51-15-7-3-11-43(51)19-31-55(59)68-39-37-64-45-21-25-47(26-22-45)70(63)48-27-23-46(24-28-48)65-38-40-69-56-32-20-44-12-4-8-16-52(44)60(56)58-50-14-6-2-10-42(50)18-30-54(58)67-36-34-62/h1-32,61-62H,33-40H2. The molecule has 2 N–H and O–H groups in total. The van der Waals surface area contributed by atoms with E-state index in [4.69, 9.17) is 28.4 Å². The summed E-state index contributed by atoms with van der Waals surface area (Å²) in [7, 11) is 0. The molecule has 0 radical (unpaired) electrons. The molecule has 0 saturated carbocycles. The van der Waals surface area contributed by atoms with Crippen molar-refractivity contribution < 1.29 is 43.2 Å². The highest BCUT2D eigenvalue weighted by molar-refractivity contribution is 7.91. The maximum absolute atomic E-state index is 13.7. The van der Waals surface area contributed by atoms with Gasteiger partial charge in [-0.05, 0) is 116 Å². The topological polar surface area (TPSA) is 119 Å². The van der Waals surface area contributed by atoms with Gasteiger partial charge in [0.1, 0.15) is 74.1 Å². The van der Waals surface area contributed by atoms with E-state index < -0.39 is 11.2 Å². The maximum Gasteiger partial charge on any atom is 0.158 e. The molecular weight excluding hydrogens is 897 g/mol. The molecule has 10 aromatic carbocycles. The van der Waals surface area contributed by atoms with Gasteiger partial charge in [-0.2, -0.15) is 0 Å². The Bertz CT molecular complexity index is 3170. The summed E-state index contributed by atoms with van der Waals surface area (Å²) >= 11 is -1.43. The number of aliphatic hydroxyl groups is 2. The van der Waals surface area contributed by atoms with Crippen LogP contribution < -0.4 is 28.4 Å². The van der Waals surface area contributed by atoms with Crippen molar-refractivity contribution in [2.45, 2.75) is 9.79 Å². The molecule has 0 atom stereocenters. The Morgan fingerprint density at radius 2 is 0.571 bits per heavy atom. The summed E-state index contributed by atoms with van der Waals surface area (Å²) in [6.07, 6.45) is 0. The lowest BCUT2D eigenvalue weighted by Crippen LogP contribution is -2.10. The highest BCUT2D eigenvalue weighted by Gasteiger charge is 2.22. The fraction of sp³-hybridized carbons (Fsp3) is 0.133. The third kappa shape index (κ3) is 9.90. The van der Waals surface area contributed by atoms with Crippen LogP contribution in [-0.2, 0) is 11.2 Å². The van der Waals surface area contributed by atoms with Gasteiger partial charge < -0.3 is 43.2 Å². The quantitative estimate of drug-likeness (QED) is 0.0568. The smallest absolute Gasteiger partial charge is 0.158 e. The lowest BCUT2D eigenvalue weighted by molar-refractivity contribution is 0.202. The largest absolute Gasteiger partial charge is 0.606 e. The van der Waals surface area contributed by atoms with Gasteiger partial charge in [-0.3, -0.25) is 0 Å². The van der Waals surface area contributed by atoms with Crippen LogP contribution in [0.4, 0.5) is 0 Å². The van der Waals surface area contributed by atoms with Gasteiger partial charge in [-0.15, -0.1) is 0 Å². The average Bonchev–Trinajstić information content (AvgIpc) is 3.41. The Morgan fingerprint density at radius 3 is 0.871 bits per heavy atom. The van der Waals surface area contributed by atoms with Gasteiger partial charge in [0.15, 0.2) is 9.79 Å². The summed E-state index contributed by atoms with van der Waals surface area (Å²) in [5, 5.41) is 27.6. The molecule has 10 rings (SSSR count). The molecule has 0 amide bonds. The summed E-state index contributed by atoms with van der Waals surface area (Å²) in [6, 6.07) is 63.3. The van der Waals surface area contributed by atoms with E-state index in [-0.39, 0.29) is 52.9 Å². The van der Waals surface area contributed by atoms with Gasteiger partial charge in [-0.25, -0.2) is 0 Å². The first kappa shape index (κ1) is 46.0. The summed E-state index contributed by atoms with van der Waals surface area (Å²) < 4.78 is 51.0. The molecule has 10 heteroatoms. The molecule has 0 spiro atoms. The minimum atomic E-state index is -1.43. The zero-order chi connectivity index (χ0) is 47.7. The Morgan fingerprint density at radius 1 is 0.300 bits per heavy atom. The Kier molecular flexibility index (Phi) is 14.3. The summed E-state index contributed by atoms with van der Waals surface area (Å²) in [5.41, 5.74) is 3.63. The van der Waals surface area contributed by atoms with Crippen LogP contribution in [0.3, 0.4) is 0 Å². The van der Waals surface area contributed by atoms with Crippen LogP contribution in [0.1, 0.15) is 0 Å². The highest BCUT2D eigenvalue weighted by atomic mass is 32.2. The first-order chi connectivity index (χ1) is 34.6. The van der Waals surface area contributed by atoms with E-state index >= 15 is 0 Å². The fourth-order valence-corrected chi connectivity index (χ4v) is 9.95. The Hall–Kier alpha value is -7.73. The van der Waals surface area contributed by atoms with Crippen molar-refractivity contribution in [3.8, 4) is 56.8 Å². The monoisotopic (exact) mass is 946 g/mol. The molecule has 0 aliphatic carbocycles. The molecular formula is C60H50O9S. The Labute approximate surface area is 409 Å². The number of fused-ring (bicyclic) bond motifs is 4. The zero-order valence-electron chi connectivity index (χ0n) is 38.3. The third-order valence-electron chi connectivity index (χ3n) is 12.1. The molecule has 0 saturated heterocycles. The minimum absolute atomic E-state index is 0.101. The number of aliphatic hydroxyl groups excluding tert-OH is 2. The van der Waals surface area contributed by atoms with Crippen LogP contribution in [-0.4, -0.2) is 67.6 Å². The molecule has 0 aliphatic rings. The van der Waals surface area contributed by atoms with Crippen LogP contribution in [0.15, 0.2) is 204 Å². The van der Waals surface area contributed by atoms with Crippen molar-refractivity contribution in [2.24, 2.45) is 0 Å². The fourth-order valence-electron chi connectivity index (χ4n) is 8.91. The predicted molar refractivity (Wildman–Crippen MR) is 278 cm³/mol. The number of benzene rings is 10. The van der Waals surface area contributed by atoms with Crippen LogP contribution in [0, 0.1) is 0 Å². The summed E-state index contributed by atoms with van der Waals surface area (Å²) in [4.78, 5) is 1.28. The van der Waals surface area contributed by atoms with Gasteiger partial charge in [0.05, 0.1) is 13.2 Å². The molecule has 0 heterocycles. The average molecular weight is 947 g/mol. The normalized spacial score (nSPS) is 11.4. The summed E-state index contributed by atoms with van der Waals surface area (Å²) in [6.45, 7) is 1.23. The zero-order valence-corrected chi connectivity index (χ0v) is 39.1. The Balaban J connectivity index is 0.768. The lowest BCUT2D eigenvalue weighted by Gasteiger charge is -2.19. The van der Waals surface area contributed by atoms with Crippen molar-refractivity contribution in [3.05, 3.63) is 194 Å². The van der Waals surface area contributed by atoms with Gasteiger partial charge >= 0.3 is 0 Å². The van der Waals surface area contributed by atoms with E-state index in [1.165, 1.54) is 0 Å². The van der Waals surface area contributed by atoms with Gasteiger partial charge in [0.25, 0.3) is 0 Å². The van der Waals surface area contributed by atoms with Crippen molar-refractivity contribution in [2.75, 3.05) is 52.9 Å². The molecule has 70 heavy (non-hydrogen) atoms. The molecule has 9 nitrogen and oxygen atoms in total. The van der Waals surface area contributed by atoms with Crippen LogP contribution in [0.5, 0.6) is 34.5 Å². The third-order valence-corrected chi connectivity index (χ3v) is 13.5. The van der Waals surface area contributed by atoms with Crippen molar-refractivity contribution in [3.63, 3.8) is 0 Å². The molecule has 0 unspecified atom stereocenters. The van der Waals surface area contributed by atoms with E-state index in [0.717, 1.165) is 65.3 Å². The second kappa shape index (κ2) is 21.7. The van der Waals surface area contributed by atoms with E-state index in [9.17, 15) is 14.8 Å². The van der Waals surface area contributed by atoms with Crippen LogP contribution in [0.2, 0.25) is 0 Å². The maximum atomic E-state index is 13.7. The van der Waals surface area contributed by atoms with Crippen molar-refractivity contribution >= 4 is 54.3 Å².